The molecule has 0 radical (unpaired) electrons. The molecule has 21 heavy (non-hydrogen) atoms. The number of rotatable bonds is 14. The lowest BCUT2D eigenvalue weighted by Crippen LogP contribution is -2.18. The molecule has 0 spiro atoms. The third-order valence-electron chi connectivity index (χ3n) is 3.51. The van der Waals surface area contributed by atoms with Crippen molar-refractivity contribution >= 4 is 10.4 Å². The summed E-state index contributed by atoms with van der Waals surface area (Å²) in [5.41, 5.74) is 0. The molecule has 0 aromatic rings. The van der Waals surface area contributed by atoms with E-state index in [1.165, 1.54) is 0 Å². The number of aliphatic hydroxyl groups excluding tert-OH is 1. The first-order valence-electron chi connectivity index (χ1n) is 8.11. The van der Waals surface area contributed by atoms with Gasteiger partial charge in [-0.1, -0.05) is 52.4 Å². The first-order valence-corrected chi connectivity index (χ1v) is 9.48. The van der Waals surface area contributed by atoms with Gasteiger partial charge in [-0.25, -0.2) is 4.18 Å². The molecule has 0 aromatic heterocycles. The van der Waals surface area contributed by atoms with Gasteiger partial charge in [0, 0.05) is 6.61 Å². The largest absolute Gasteiger partial charge is 0.397 e. The van der Waals surface area contributed by atoms with Gasteiger partial charge in [0.05, 0.1) is 6.10 Å². The predicted octanol–water partition coefficient (Wildman–Crippen LogP) is 3.72. The maximum Gasteiger partial charge on any atom is 0.397 e. The third-order valence-corrected chi connectivity index (χ3v) is 4.02. The van der Waals surface area contributed by atoms with E-state index in [1.54, 1.807) is 0 Å². The zero-order valence-corrected chi connectivity index (χ0v) is 14.3. The van der Waals surface area contributed by atoms with Crippen LogP contribution in [-0.2, 0) is 14.6 Å². The minimum Gasteiger partial charge on any atom is -0.396 e. The second-order valence-electron chi connectivity index (χ2n) is 6.10. The Kier molecular flexibility index (Phi) is 12.3. The van der Waals surface area contributed by atoms with Gasteiger partial charge in [-0.3, -0.25) is 4.55 Å². The van der Waals surface area contributed by atoms with Crippen LogP contribution in [-0.4, -0.2) is 30.8 Å². The molecule has 0 saturated heterocycles. The zero-order valence-electron chi connectivity index (χ0n) is 13.5. The van der Waals surface area contributed by atoms with Crippen LogP contribution in [0.3, 0.4) is 0 Å². The van der Waals surface area contributed by atoms with Gasteiger partial charge in [-0.2, -0.15) is 8.42 Å². The normalized spacial score (nSPS) is 13.8. The first kappa shape index (κ1) is 20.8. The minimum atomic E-state index is -4.35. The molecule has 5 nitrogen and oxygen atoms in total. The molecule has 6 heteroatoms. The summed E-state index contributed by atoms with van der Waals surface area (Å²) in [7, 11) is -4.35. The van der Waals surface area contributed by atoms with Crippen LogP contribution in [0.2, 0.25) is 0 Å². The first-order chi connectivity index (χ1) is 9.85. The number of aliphatic hydroxyl groups is 1. The fraction of sp³-hybridized carbons (Fsp3) is 1.00. The molecular weight excluding hydrogens is 292 g/mol. The quantitative estimate of drug-likeness (QED) is 0.376. The van der Waals surface area contributed by atoms with Crippen molar-refractivity contribution < 1.29 is 22.3 Å². The molecule has 0 aromatic carbocycles. The van der Waals surface area contributed by atoms with Crippen molar-refractivity contribution in [3.63, 3.8) is 0 Å². The van der Waals surface area contributed by atoms with E-state index in [0.29, 0.717) is 18.8 Å². The molecule has 0 heterocycles. The SMILES string of the molecule is CC(C)CCC(CCCCCCCCCO)OS(=O)(=O)O. The average molecular weight is 324 g/mol. The molecule has 0 bridgehead atoms. The Bertz CT molecular complexity index is 327. The smallest absolute Gasteiger partial charge is 0.396 e. The van der Waals surface area contributed by atoms with Crippen molar-refractivity contribution in [2.24, 2.45) is 5.92 Å². The maximum atomic E-state index is 10.8. The monoisotopic (exact) mass is 324 g/mol. The molecular formula is C15H32O5S. The summed E-state index contributed by atoms with van der Waals surface area (Å²) in [4.78, 5) is 0. The van der Waals surface area contributed by atoms with E-state index in [2.05, 4.69) is 13.8 Å². The molecule has 0 saturated carbocycles. The lowest BCUT2D eigenvalue weighted by Gasteiger charge is -2.16. The predicted molar refractivity (Wildman–Crippen MR) is 84.5 cm³/mol. The van der Waals surface area contributed by atoms with Crippen molar-refractivity contribution in [3.05, 3.63) is 0 Å². The molecule has 0 aliphatic rings. The summed E-state index contributed by atoms with van der Waals surface area (Å²) in [5.74, 6) is 0.490. The highest BCUT2D eigenvalue weighted by molar-refractivity contribution is 7.80. The topological polar surface area (TPSA) is 83.8 Å². The molecule has 1 atom stereocenters. The highest BCUT2D eigenvalue weighted by Crippen LogP contribution is 2.18. The molecule has 128 valence electrons. The van der Waals surface area contributed by atoms with Crippen LogP contribution < -0.4 is 0 Å². The van der Waals surface area contributed by atoms with E-state index in [1.807, 2.05) is 0 Å². The highest BCUT2D eigenvalue weighted by atomic mass is 32.3. The van der Waals surface area contributed by atoms with Gasteiger partial charge in [0.1, 0.15) is 0 Å². The third kappa shape index (κ3) is 16.0. The van der Waals surface area contributed by atoms with Gasteiger partial charge < -0.3 is 5.11 Å². The van der Waals surface area contributed by atoms with Crippen LogP contribution in [0.4, 0.5) is 0 Å². The lowest BCUT2D eigenvalue weighted by molar-refractivity contribution is 0.154. The molecule has 0 aliphatic heterocycles. The fourth-order valence-corrected chi connectivity index (χ4v) is 2.84. The van der Waals surface area contributed by atoms with Crippen molar-refractivity contribution in [1.29, 1.82) is 0 Å². The Morgan fingerprint density at radius 2 is 1.38 bits per heavy atom. The average Bonchev–Trinajstić information content (AvgIpc) is 2.37. The summed E-state index contributed by atoms with van der Waals surface area (Å²) < 4.78 is 35.2. The summed E-state index contributed by atoms with van der Waals surface area (Å²) in [6.45, 7) is 4.43. The van der Waals surface area contributed by atoms with E-state index in [4.69, 9.17) is 13.8 Å². The molecule has 1 unspecified atom stereocenters. The van der Waals surface area contributed by atoms with Crippen molar-refractivity contribution in [3.8, 4) is 0 Å². The van der Waals surface area contributed by atoms with E-state index in [9.17, 15) is 8.42 Å². The molecule has 0 rings (SSSR count). The number of hydrogen-bond donors (Lipinski definition) is 2. The fourth-order valence-electron chi connectivity index (χ4n) is 2.30. The van der Waals surface area contributed by atoms with Crippen LogP contribution >= 0.6 is 0 Å². The maximum absolute atomic E-state index is 10.8. The van der Waals surface area contributed by atoms with Crippen LogP contribution in [0, 0.1) is 5.92 Å². The molecule has 0 amide bonds. The molecule has 0 fully saturated rings. The van der Waals surface area contributed by atoms with E-state index in [-0.39, 0.29) is 6.61 Å². The van der Waals surface area contributed by atoms with Crippen LogP contribution in [0.25, 0.3) is 0 Å². The van der Waals surface area contributed by atoms with Gasteiger partial charge in [0.15, 0.2) is 0 Å². The van der Waals surface area contributed by atoms with Gasteiger partial charge in [0.2, 0.25) is 0 Å². The number of hydrogen-bond acceptors (Lipinski definition) is 4. The second-order valence-corrected chi connectivity index (χ2v) is 7.15. The van der Waals surface area contributed by atoms with Crippen molar-refractivity contribution in [1.82, 2.24) is 0 Å². The van der Waals surface area contributed by atoms with E-state index in [0.717, 1.165) is 51.4 Å². The van der Waals surface area contributed by atoms with Gasteiger partial charge >= 0.3 is 10.4 Å². The van der Waals surface area contributed by atoms with Crippen molar-refractivity contribution in [2.45, 2.75) is 84.2 Å². The summed E-state index contributed by atoms with van der Waals surface area (Å²) in [5, 5.41) is 8.67. The van der Waals surface area contributed by atoms with Crippen LogP contribution in [0.1, 0.15) is 78.1 Å². The second kappa shape index (κ2) is 12.4. The van der Waals surface area contributed by atoms with Gasteiger partial charge in [0.25, 0.3) is 0 Å². The Balaban J connectivity index is 3.79. The Morgan fingerprint density at radius 3 is 1.86 bits per heavy atom. The lowest BCUT2D eigenvalue weighted by atomic mass is 10.0. The summed E-state index contributed by atoms with van der Waals surface area (Å²) in [6.07, 6.45) is 9.13. The zero-order chi connectivity index (χ0) is 16.1. The van der Waals surface area contributed by atoms with Crippen LogP contribution in [0.5, 0.6) is 0 Å². The summed E-state index contributed by atoms with van der Waals surface area (Å²) >= 11 is 0. The van der Waals surface area contributed by atoms with E-state index < -0.39 is 16.5 Å². The summed E-state index contributed by atoms with van der Waals surface area (Å²) in [6, 6.07) is 0. The van der Waals surface area contributed by atoms with Gasteiger partial charge in [-0.15, -0.1) is 0 Å². The Labute approximate surface area is 130 Å². The standard InChI is InChI=1S/C15H32O5S/c1-14(2)11-12-15(20-21(17,18)19)10-8-6-4-3-5-7-9-13-16/h14-16H,3-13H2,1-2H3,(H,17,18,19). The van der Waals surface area contributed by atoms with Gasteiger partial charge in [-0.05, 0) is 31.6 Å². The molecule has 2 N–H and O–H groups in total. The number of unbranched alkanes of at least 4 members (excludes halogenated alkanes) is 6. The minimum absolute atomic E-state index is 0.268. The van der Waals surface area contributed by atoms with Crippen molar-refractivity contribution in [2.75, 3.05) is 6.61 Å². The Hall–Kier alpha value is -0.170. The molecule has 0 aliphatic carbocycles. The van der Waals surface area contributed by atoms with E-state index >= 15 is 0 Å². The Morgan fingerprint density at radius 1 is 0.857 bits per heavy atom. The van der Waals surface area contributed by atoms with Crippen LogP contribution in [0.15, 0.2) is 0 Å². The highest BCUT2D eigenvalue weighted by Gasteiger charge is 2.17.